The molecule has 1 aromatic heterocycles. The highest BCUT2D eigenvalue weighted by atomic mass is 15.1. The molecule has 3 nitrogen and oxygen atoms in total. The zero-order valence-corrected chi connectivity index (χ0v) is 6.01. The normalized spacial score (nSPS) is 10.1. The predicted molar refractivity (Wildman–Crippen MR) is 40.6 cm³/mol. The Morgan fingerprint density at radius 3 is 3.00 bits per heavy atom. The molecule has 0 aliphatic heterocycles. The summed E-state index contributed by atoms with van der Waals surface area (Å²) >= 11 is 0. The lowest BCUT2D eigenvalue weighted by atomic mass is 10.2. The van der Waals surface area contributed by atoms with E-state index in [9.17, 15) is 0 Å². The molecular formula is C7H13N3. The Kier molecular flexibility index (Phi) is 2.96. The number of hydrogen-bond donors (Lipinski definition) is 2. The van der Waals surface area contributed by atoms with Gasteiger partial charge in [-0.15, -0.1) is 0 Å². The molecular weight excluding hydrogens is 126 g/mol. The SMILES string of the molecule is NCCCCc1ccn[nH]1. The van der Waals surface area contributed by atoms with Crippen molar-refractivity contribution >= 4 is 0 Å². The fraction of sp³-hybridized carbons (Fsp3) is 0.571. The van der Waals surface area contributed by atoms with E-state index in [-0.39, 0.29) is 0 Å². The highest BCUT2D eigenvalue weighted by Crippen LogP contribution is 1.98. The summed E-state index contributed by atoms with van der Waals surface area (Å²) in [6.45, 7) is 0.786. The minimum Gasteiger partial charge on any atom is -0.330 e. The lowest BCUT2D eigenvalue weighted by Crippen LogP contribution is -1.98. The maximum atomic E-state index is 5.34. The van der Waals surface area contributed by atoms with Gasteiger partial charge >= 0.3 is 0 Å². The quantitative estimate of drug-likeness (QED) is 0.603. The summed E-state index contributed by atoms with van der Waals surface area (Å²) in [7, 11) is 0. The molecule has 0 radical (unpaired) electrons. The zero-order chi connectivity index (χ0) is 7.23. The van der Waals surface area contributed by atoms with E-state index in [1.807, 2.05) is 6.07 Å². The monoisotopic (exact) mass is 139 g/mol. The molecule has 1 aromatic rings. The number of hydrogen-bond acceptors (Lipinski definition) is 2. The third-order valence-electron chi connectivity index (χ3n) is 1.46. The maximum absolute atomic E-state index is 5.34. The highest BCUT2D eigenvalue weighted by molar-refractivity contribution is 4.96. The van der Waals surface area contributed by atoms with Gasteiger partial charge in [0.05, 0.1) is 0 Å². The van der Waals surface area contributed by atoms with Crippen molar-refractivity contribution in [1.29, 1.82) is 0 Å². The van der Waals surface area contributed by atoms with E-state index in [0.29, 0.717) is 0 Å². The molecule has 0 amide bonds. The maximum Gasteiger partial charge on any atom is 0.0490 e. The van der Waals surface area contributed by atoms with Crippen LogP contribution in [0.1, 0.15) is 18.5 Å². The summed E-state index contributed by atoms with van der Waals surface area (Å²) in [5.41, 5.74) is 6.54. The van der Waals surface area contributed by atoms with Gasteiger partial charge in [-0.1, -0.05) is 0 Å². The summed E-state index contributed by atoms with van der Waals surface area (Å²) < 4.78 is 0. The molecule has 0 aliphatic carbocycles. The van der Waals surface area contributed by atoms with Crippen LogP contribution in [0, 0.1) is 0 Å². The molecule has 0 fully saturated rings. The molecule has 0 spiro atoms. The average Bonchev–Trinajstić information content (AvgIpc) is 2.41. The van der Waals surface area contributed by atoms with Crippen LogP contribution >= 0.6 is 0 Å². The van der Waals surface area contributed by atoms with E-state index in [4.69, 9.17) is 5.73 Å². The Labute approximate surface area is 60.6 Å². The van der Waals surface area contributed by atoms with Crippen molar-refractivity contribution in [3.63, 3.8) is 0 Å². The second kappa shape index (κ2) is 4.06. The van der Waals surface area contributed by atoms with E-state index >= 15 is 0 Å². The minimum absolute atomic E-state index is 0.786. The van der Waals surface area contributed by atoms with Crippen LogP contribution in [0.25, 0.3) is 0 Å². The van der Waals surface area contributed by atoms with Crippen LogP contribution in [0.5, 0.6) is 0 Å². The number of aromatic amines is 1. The highest BCUT2D eigenvalue weighted by Gasteiger charge is 1.91. The largest absolute Gasteiger partial charge is 0.330 e. The van der Waals surface area contributed by atoms with E-state index in [0.717, 1.165) is 25.8 Å². The van der Waals surface area contributed by atoms with E-state index in [2.05, 4.69) is 10.2 Å². The average molecular weight is 139 g/mol. The Bertz CT molecular complexity index is 157. The van der Waals surface area contributed by atoms with Crippen LogP contribution in [-0.2, 0) is 6.42 Å². The number of aryl methyl sites for hydroxylation is 1. The van der Waals surface area contributed by atoms with Crippen molar-refractivity contribution in [2.24, 2.45) is 5.73 Å². The number of aromatic nitrogens is 2. The fourth-order valence-electron chi connectivity index (χ4n) is 0.884. The predicted octanol–water partition coefficient (Wildman–Crippen LogP) is 0.691. The van der Waals surface area contributed by atoms with Crippen molar-refractivity contribution in [2.45, 2.75) is 19.3 Å². The molecule has 3 heteroatoms. The van der Waals surface area contributed by atoms with Crippen molar-refractivity contribution in [2.75, 3.05) is 6.54 Å². The van der Waals surface area contributed by atoms with Crippen LogP contribution in [-0.4, -0.2) is 16.7 Å². The first kappa shape index (κ1) is 7.28. The van der Waals surface area contributed by atoms with Gasteiger partial charge in [-0.3, -0.25) is 5.10 Å². The van der Waals surface area contributed by atoms with Gasteiger partial charge in [-0.25, -0.2) is 0 Å². The van der Waals surface area contributed by atoms with Crippen molar-refractivity contribution in [3.05, 3.63) is 18.0 Å². The molecule has 0 aliphatic rings. The van der Waals surface area contributed by atoms with Crippen LogP contribution in [0.15, 0.2) is 12.3 Å². The van der Waals surface area contributed by atoms with Gasteiger partial charge in [0.1, 0.15) is 0 Å². The van der Waals surface area contributed by atoms with Crippen LogP contribution < -0.4 is 5.73 Å². The number of unbranched alkanes of at least 4 members (excludes halogenated alkanes) is 1. The number of nitrogens with zero attached hydrogens (tertiary/aromatic N) is 1. The summed E-state index contributed by atoms with van der Waals surface area (Å²) in [6.07, 6.45) is 5.09. The Morgan fingerprint density at radius 1 is 1.50 bits per heavy atom. The van der Waals surface area contributed by atoms with Gasteiger partial charge in [-0.05, 0) is 31.9 Å². The van der Waals surface area contributed by atoms with Crippen LogP contribution in [0.4, 0.5) is 0 Å². The van der Waals surface area contributed by atoms with E-state index < -0.39 is 0 Å². The Balaban J connectivity index is 2.15. The minimum atomic E-state index is 0.786. The zero-order valence-electron chi connectivity index (χ0n) is 6.01. The first-order valence-electron chi connectivity index (χ1n) is 3.62. The third-order valence-corrected chi connectivity index (χ3v) is 1.46. The molecule has 0 saturated carbocycles. The summed E-state index contributed by atoms with van der Waals surface area (Å²) in [4.78, 5) is 0. The van der Waals surface area contributed by atoms with Gasteiger partial charge in [0, 0.05) is 11.9 Å². The number of nitrogens with two attached hydrogens (primary N) is 1. The summed E-state index contributed by atoms with van der Waals surface area (Å²) in [5, 5.41) is 6.75. The Hall–Kier alpha value is -0.830. The summed E-state index contributed by atoms with van der Waals surface area (Å²) in [6, 6.07) is 2.00. The lowest BCUT2D eigenvalue weighted by molar-refractivity contribution is 0.730. The van der Waals surface area contributed by atoms with Gasteiger partial charge < -0.3 is 5.73 Å². The first-order chi connectivity index (χ1) is 4.93. The third kappa shape index (κ3) is 2.19. The molecule has 3 N–H and O–H groups in total. The van der Waals surface area contributed by atoms with Gasteiger partial charge in [0.2, 0.25) is 0 Å². The number of rotatable bonds is 4. The van der Waals surface area contributed by atoms with Gasteiger partial charge in [-0.2, -0.15) is 5.10 Å². The molecule has 0 aromatic carbocycles. The Morgan fingerprint density at radius 2 is 2.40 bits per heavy atom. The molecule has 0 bridgehead atoms. The summed E-state index contributed by atoms with van der Waals surface area (Å²) in [5.74, 6) is 0. The smallest absolute Gasteiger partial charge is 0.0490 e. The van der Waals surface area contributed by atoms with E-state index in [1.54, 1.807) is 6.20 Å². The number of H-pyrrole nitrogens is 1. The molecule has 1 rings (SSSR count). The molecule has 0 saturated heterocycles. The second-order valence-electron chi connectivity index (χ2n) is 2.33. The molecule has 1 heterocycles. The van der Waals surface area contributed by atoms with Crippen molar-refractivity contribution < 1.29 is 0 Å². The van der Waals surface area contributed by atoms with E-state index in [1.165, 1.54) is 5.69 Å². The topological polar surface area (TPSA) is 54.7 Å². The first-order valence-corrected chi connectivity index (χ1v) is 3.62. The van der Waals surface area contributed by atoms with Crippen LogP contribution in [0.3, 0.4) is 0 Å². The van der Waals surface area contributed by atoms with Crippen molar-refractivity contribution in [3.8, 4) is 0 Å². The molecule has 56 valence electrons. The van der Waals surface area contributed by atoms with Crippen LogP contribution in [0.2, 0.25) is 0 Å². The lowest BCUT2D eigenvalue weighted by Gasteiger charge is -1.93. The molecule has 0 unspecified atom stereocenters. The van der Waals surface area contributed by atoms with Crippen molar-refractivity contribution in [1.82, 2.24) is 10.2 Å². The van der Waals surface area contributed by atoms with Gasteiger partial charge in [0.25, 0.3) is 0 Å². The standard InChI is InChI=1S/C7H13N3/c8-5-2-1-3-7-4-6-9-10-7/h4,6H,1-3,5,8H2,(H,9,10). The fourth-order valence-corrected chi connectivity index (χ4v) is 0.884. The van der Waals surface area contributed by atoms with Gasteiger partial charge in [0.15, 0.2) is 0 Å². The second-order valence-corrected chi connectivity index (χ2v) is 2.33. The molecule has 0 atom stereocenters. The number of nitrogens with one attached hydrogen (secondary N) is 1. The molecule has 10 heavy (non-hydrogen) atoms.